The number of benzene rings is 2. The molecule has 0 aromatic heterocycles. The van der Waals surface area contributed by atoms with Gasteiger partial charge in [0.1, 0.15) is 11.5 Å². The molecule has 0 radical (unpaired) electrons. The van der Waals surface area contributed by atoms with E-state index in [0.717, 1.165) is 0 Å². The van der Waals surface area contributed by atoms with E-state index in [-0.39, 0.29) is 0 Å². The molecule has 6 heteroatoms. The van der Waals surface area contributed by atoms with E-state index in [2.05, 4.69) is 5.32 Å². The van der Waals surface area contributed by atoms with Crippen molar-refractivity contribution in [1.82, 2.24) is 5.43 Å². The summed E-state index contributed by atoms with van der Waals surface area (Å²) in [7, 11) is 0. The van der Waals surface area contributed by atoms with E-state index in [1.807, 2.05) is 30.3 Å². The summed E-state index contributed by atoms with van der Waals surface area (Å²) < 4.78 is 5.61. The van der Waals surface area contributed by atoms with Crippen LogP contribution in [0, 0.1) is 0 Å². The number of carbonyl (C=O) groups is 2. The van der Waals surface area contributed by atoms with Gasteiger partial charge < -0.3 is 10.1 Å². The lowest BCUT2D eigenvalue weighted by Gasteiger charge is -2.08. The second-order valence-electron chi connectivity index (χ2n) is 3.87. The molecule has 20 heavy (non-hydrogen) atoms. The number of nitrogens with two attached hydrogens (primary N) is 1. The van der Waals surface area contributed by atoms with E-state index in [4.69, 9.17) is 10.6 Å². The number of hydrogen-bond acceptors (Lipinski definition) is 4. The Morgan fingerprint density at radius 1 is 0.900 bits per heavy atom. The summed E-state index contributed by atoms with van der Waals surface area (Å²) in [6.45, 7) is 0. The average Bonchev–Trinajstić information content (AvgIpc) is 2.47. The second-order valence-corrected chi connectivity index (χ2v) is 3.87. The van der Waals surface area contributed by atoms with Crippen LogP contribution in [0.1, 0.15) is 0 Å². The molecular formula is C14H13N3O3. The maximum Gasteiger partial charge on any atom is 0.323 e. The van der Waals surface area contributed by atoms with E-state index >= 15 is 0 Å². The predicted octanol–water partition coefficient (Wildman–Crippen LogP) is 1.41. The zero-order valence-corrected chi connectivity index (χ0v) is 10.5. The molecule has 0 saturated heterocycles. The van der Waals surface area contributed by atoms with E-state index in [0.29, 0.717) is 17.2 Å². The van der Waals surface area contributed by atoms with Crippen molar-refractivity contribution in [1.29, 1.82) is 0 Å². The molecule has 2 rings (SSSR count). The lowest BCUT2D eigenvalue weighted by Crippen LogP contribution is -2.39. The van der Waals surface area contributed by atoms with E-state index in [9.17, 15) is 9.59 Å². The lowest BCUT2D eigenvalue weighted by molar-refractivity contribution is -0.136. The fraction of sp³-hybridized carbons (Fsp3) is 0. The summed E-state index contributed by atoms with van der Waals surface area (Å²) in [5.74, 6) is 4.33. The van der Waals surface area contributed by atoms with Crippen molar-refractivity contribution in [3.63, 3.8) is 0 Å². The fourth-order valence-corrected chi connectivity index (χ4v) is 1.52. The molecule has 0 aliphatic heterocycles. The first-order chi connectivity index (χ1) is 9.69. The third kappa shape index (κ3) is 3.56. The zero-order chi connectivity index (χ0) is 14.4. The van der Waals surface area contributed by atoms with Crippen LogP contribution in [0.2, 0.25) is 0 Å². The van der Waals surface area contributed by atoms with E-state index < -0.39 is 11.8 Å². The van der Waals surface area contributed by atoms with E-state index in [1.165, 1.54) is 0 Å². The first-order valence-electron chi connectivity index (χ1n) is 5.84. The van der Waals surface area contributed by atoms with Crippen LogP contribution in [0.4, 0.5) is 5.69 Å². The minimum atomic E-state index is -0.917. The third-order valence-electron chi connectivity index (χ3n) is 2.41. The summed E-state index contributed by atoms with van der Waals surface area (Å²) >= 11 is 0. The Kier molecular flexibility index (Phi) is 4.31. The van der Waals surface area contributed by atoms with Crippen LogP contribution >= 0.6 is 0 Å². The molecule has 0 bridgehead atoms. The Morgan fingerprint density at radius 3 is 2.30 bits per heavy atom. The molecule has 0 heterocycles. The Bertz CT molecular complexity index is 614. The van der Waals surface area contributed by atoms with Crippen LogP contribution in [-0.2, 0) is 9.59 Å². The molecule has 0 unspecified atom stereocenters. The number of nitrogens with one attached hydrogen (secondary N) is 2. The number of anilines is 1. The van der Waals surface area contributed by atoms with Crippen molar-refractivity contribution in [3.8, 4) is 11.5 Å². The molecule has 0 fully saturated rings. The summed E-state index contributed by atoms with van der Waals surface area (Å²) in [6, 6.07) is 15.9. The highest BCUT2D eigenvalue weighted by molar-refractivity contribution is 6.39. The van der Waals surface area contributed by atoms with Crippen LogP contribution < -0.4 is 21.3 Å². The van der Waals surface area contributed by atoms with Crippen LogP contribution in [-0.4, -0.2) is 11.8 Å². The molecule has 2 aromatic rings. The number of hydrogen-bond donors (Lipinski definition) is 3. The zero-order valence-electron chi connectivity index (χ0n) is 10.5. The highest BCUT2D eigenvalue weighted by Crippen LogP contribution is 2.23. The van der Waals surface area contributed by atoms with Gasteiger partial charge in [0.2, 0.25) is 0 Å². The van der Waals surface area contributed by atoms with E-state index in [1.54, 1.807) is 29.7 Å². The number of carbonyl (C=O) groups excluding carboxylic acids is 2. The normalized spacial score (nSPS) is 9.65. The van der Waals surface area contributed by atoms with Gasteiger partial charge in [-0.15, -0.1) is 0 Å². The largest absolute Gasteiger partial charge is 0.457 e. The van der Waals surface area contributed by atoms with Gasteiger partial charge in [0.15, 0.2) is 0 Å². The van der Waals surface area contributed by atoms with Crippen LogP contribution in [0.15, 0.2) is 54.6 Å². The number of ether oxygens (including phenoxy) is 1. The topological polar surface area (TPSA) is 93.5 Å². The molecule has 6 nitrogen and oxygen atoms in total. The summed E-state index contributed by atoms with van der Waals surface area (Å²) in [6.07, 6.45) is 0. The molecular weight excluding hydrogens is 258 g/mol. The van der Waals surface area contributed by atoms with Crippen LogP contribution in [0.25, 0.3) is 0 Å². The molecule has 2 aromatic carbocycles. The highest BCUT2D eigenvalue weighted by Gasteiger charge is 2.11. The van der Waals surface area contributed by atoms with Crippen LogP contribution in [0.5, 0.6) is 11.5 Å². The van der Waals surface area contributed by atoms with Gasteiger partial charge in [-0.05, 0) is 24.3 Å². The number of rotatable bonds is 3. The minimum Gasteiger partial charge on any atom is -0.457 e. The Labute approximate surface area is 115 Å². The molecule has 102 valence electrons. The maximum absolute atomic E-state index is 11.4. The van der Waals surface area contributed by atoms with Gasteiger partial charge in [-0.25, -0.2) is 5.84 Å². The van der Waals surface area contributed by atoms with Crippen molar-refractivity contribution < 1.29 is 14.3 Å². The number of hydrazine groups is 1. The molecule has 4 N–H and O–H groups in total. The Morgan fingerprint density at radius 2 is 1.60 bits per heavy atom. The Balaban J connectivity index is 2.08. The first-order valence-corrected chi connectivity index (χ1v) is 5.84. The standard InChI is InChI=1S/C14H13N3O3/c15-17-14(19)13(18)16-10-5-4-8-12(9-10)20-11-6-2-1-3-7-11/h1-9H,15H2,(H,16,18)(H,17,19). The van der Waals surface area contributed by atoms with Gasteiger partial charge in [-0.1, -0.05) is 24.3 Å². The van der Waals surface area contributed by atoms with Gasteiger partial charge in [-0.2, -0.15) is 0 Å². The summed E-state index contributed by atoms with van der Waals surface area (Å²) in [5.41, 5.74) is 2.19. The molecule has 0 atom stereocenters. The number of para-hydroxylation sites is 1. The Hall–Kier alpha value is -2.86. The predicted molar refractivity (Wildman–Crippen MR) is 73.9 cm³/mol. The van der Waals surface area contributed by atoms with Gasteiger partial charge >= 0.3 is 11.8 Å². The molecule has 0 spiro atoms. The second kappa shape index (κ2) is 6.35. The minimum absolute atomic E-state index is 0.437. The smallest absolute Gasteiger partial charge is 0.323 e. The summed E-state index contributed by atoms with van der Waals surface area (Å²) in [5, 5.41) is 2.41. The van der Waals surface area contributed by atoms with Crippen molar-refractivity contribution in [2.45, 2.75) is 0 Å². The maximum atomic E-state index is 11.4. The molecule has 0 saturated carbocycles. The quantitative estimate of drug-likeness (QED) is 0.340. The molecule has 0 aliphatic carbocycles. The monoisotopic (exact) mass is 271 g/mol. The highest BCUT2D eigenvalue weighted by atomic mass is 16.5. The molecule has 0 aliphatic rings. The van der Waals surface area contributed by atoms with Gasteiger partial charge in [0.05, 0.1) is 0 Å². The van der Waals surface area contributed by atoms with Gasteiger partial charge in [0, 0.05) is 11.8 Å². The van der Waals surface area contributed by atoms with Crippen LogP contribution in [0.3, 0.4) is 0 Å². The van der Waals surface area contributed by atoms with Gasteiger partial charge in [0.25, 0.3) is 0 Å². The van der Waals surface area contributed by atoms with Crippen molar-refractivity contribution in [2.24, 2.45) is 5.84 Å². The first kappa shape index (κ1) is 13.6. The number of amides is 2. The van der Waals surface area contributed by atoms with Crippen molar-refractivity contribution in [2.75, 3.05) is 5.32 Å². The van der Waals surface area contributed by atoms with Crippen molar-refractivity contribution >= 4 is 17.5 Å². The molecule has 2 amide bonds. The lowest BCUT2D eigenvalue weighted by atomic mass is 10.3. The SMILES string of the molecule is NNC(=O)C(=O)Nc1cccc(Oc2ccccc2)c1. The van der Waals surface area contributed by atoms with Crippen molar-refractivity contribution in [3.05, 3.63) is 54.6 Å². The average molecular weight is 271 g/mol. The summed E-state index contributed by atoms with van der Waals surface area (Å²) in [4.78, 5) is 22.4. The third-order valence-corrected chi connectivity index (χ3v) is 2.41. The fourth-order valence-electron chi connectivity index (χ4n) is 1.52. The van der Waals surface area contributed by atoms with Gasteiger partial charge in [-0.3, -0.25) is 15.0 Å².